The van der Waals surface area contributed by atoms with Gasteiger partial charge < -0.3 is 10.0 Å². The van der Waals surface area contributed by atoms with Crippen LogP contribution < -0.4 is 4.90 Å². The fourth-order valence-corrected chi connectivity index (χ4v) is 5.02. The van der Waals surface area contributed by atoms with E-state index < -0.39 is 15.8 Å². The molecule has 0 saturated carbocycles. The van der Waals surface area contributed by atoms with Crippen LogP contribution in [-0.4, -0.2) is 58.6 Å². The average Bonchev–Trinajstić information content (AvgIpc) is 3.15. The Bertz CT molecular complexity index is 952. The third-order valence-electron chi connectivity index (χ3n) is 4.85. The molecule has 1 fully saturated rings. The van der Waals surface area contributed by atoms with Crippen molar-refractivity contribution in [3.63, 3.8) is 0 Å². The molecule has 140 valence electrons. The number of hydrogen-bond acceptors (Lipinski definition) is 6. The molecule has 26 heavy (non-hydrogen) atoms. The van der Waals surface area contributed by atoms with Gasteiger partial charge in [0.15, 0.2) is 15.7 Å². The SMILES string of the molecule is CCN(c1nn(-c2cccc(C)c2C)nc1C(=O)O)C1CCS(=O)(=O)C1. The van der Waals surface area contributed by atoms with Crippen LogP contribution in [0.5, 0.6) is 0 Å². The molecule has 0 aliphatic carbocycles. The molecule has 1 aliphatic heterocycles. The summed E-state index contributed by atoms with van der Waals surface area (Å²) in [4.78, 5) is 14.8. The molecule has 2 aromatic rings. The highest BCUT2D eigenvalue weighted by Crippen LogP contribution is 2.26. The maximum atomic E-state index is 11.8. The fraction of sp³-hybridized carbons (Fsp3) is 0.471. The molecule has 1 unspecified atom stereocenters. The van der Waals surface area contributed by atoms with Gasteiger partial charge in [0.2, 0.25) is 5.69 Å². The third-order valence-corrected chi connectivity index (χ3v) is 6.60. The molecule has 0 spiro atoms. The van der Waals surface area contributed by atoms with Gasteiger partial charge in [-0.2, -0.15) is 0 Å². The Morgan fingerprint density at radius 1 is 1.35 bits per heavy atom. The first-order chi connectivity index (χ1) is 12.2. The molecule has 1 aromatic heterocycles. The Hall–Kier alpha value is -2.42. The van der Waals surface area contributed by atoms with E-state index in [1.807, 2.05) is 39.0 Å². The van der Waals surface area contributed by atoms with Gasteiger partial charge in [-0.3, -0.25) is 0 Å². The molecule has 8 nitrogen and oxygen atoms in total. The Morgan fingerprint density at radius 2 is 2.08 bits per heavy atom. The smallest absolute Gasteiger partial charge is 0.360 e. The van der Waals surface area contributed by atoms with Crippen molar-refractivity contribution >= 4 is 21.6 Å². The maximum absolute atomic E-state index is 11.8. The number of carboxylic acid groups (broad SMARTS) is 1. The van der Waals surface area contributed by atoms with E-state index in [4.69, 9.17) is 0 Å². The van der Waals surface area contributed by atoms with E-state index in [0.29, 0.717) is 18.7 Å². The van der Waals surface area contributed by atoms with Crippen molar-refractivity contribution in [2.75, 3.05) is 23.0 Å². The summed E-state index contributed by atoms with van der Waals surface area (Å²) < 4.78 is 23.7. The zero-order chi connectivity index (χ0) is 19.1. The number of aryl methyl sites for hydroxylation is 1. The van der Waals surface area contributed by atoms with Crippen molar-refractivity contribution in [1.29, 1.82) is 0 Å². The summed E-state index contributed by atoms with van der Waals surface area (Å²) in [5.41, 5.74) is 2.54. The Kier molecular flexibility index (Phi) is 4.74. The summed E-state index contributed by atoms with van der Waals surface area (Å²) in [6, 6.07) is 5.37. The molecule has 2 heterocycles. The second-order valence-electron chi connectivity index (χ2n) is 6.53. The molecule has 0 radical (unpaired) electrons. The van der Waals surface area contributed by atoms with Gasteiger partial charge in [0.25, 0.3) is 0 Å². The van der Waals surface area contributed by atoms with Gasteiger partial charge in [0, 0.05) is 12.6 Å². The number of sulfone groups is 1. The van der Waals surface area contributed by atoms with E-state index in [2.05, 4.69) is 10.2 Å². The number of nitrogens with zero attached hydrogens (tertiary/aromatic N) is 4. The zero-order valence-electron chi connectivity index (χ0n) is 15.0. The van der Waals surface area contributed by atoms with Crippen LogP contribution in [0.4, 0.5) is 5.82 Å². The van der Waals surface area contributed by atoms with Crippen LogP contribution >= 0.6 is 0 Å². The van der Waals surface area contributed by atoms with E-state index in [1.54, 1.807) is 4.90 Å². The monoisotopic (exact) mass is 378 g/mol. The van der Waals surface area contributed by atoms with Crippen LogP contribution in [0.25, 0.3) is 5.69 Å². The second-order valence-corrected chi connectivity index (χ2v) is 8.76. The Labute approximate surface area is 152 Å². The van der Waals surface area contributed by atoms with Gasteiger partial charge >= 0.3 is 5.97 Å². The van der Waals surface area contributed by atoms with Gasteiger partial charge in [-0.25, -0.2) is 13.2 Å². The molecular weight excluding hydrogens is 356 g/mol. The van der Waals surface area contributed by atoms with Crippen molar-refractivity contribution in [3.05, 3.63) is 35.0 Å². The van der Waals surface area contributed by atoms with Crippen LogP contribution in [0.3, 0.4) is 0 Å². The Morgan fingerprint density at radius 3 is 2.65 bits per heavy atom. The van der Waals surface area contributed by atoms with E-state index in [0.717, 1.165) is 11.1 Å². The van der Waals surface area contributed by atoms with E-state index in [1.165, 1.54) is 4.80 Å². The lowest BCUT2D eigenvalue weighted by molar-refractivity contribution is 0.0690. The van der Waals surface area contributed by atoms with E-state index in [9.17, 15) is 18.3 Å². The number of carbonyl (C=O) groups is 1. The first-order valence-corrected chi connectivity index (χ1v) is 10.3. The standard InChI is InChI=1S/C17H22N4O4S/c1-4-20(13-8-9-26(24,25)10-13)16-15(17(22)23)18-21(19-16)14-7-5-6-11(2)12(14)3/h5-7,13H,4,8-10H2,1-3H3,(H,22,23). The topological polar surface area (TPSA) is 105 Å². The highest BCUT2D eigenvalue weighted by molar-refractivity contribution is 7.91. The number of rotatable bonds is 5. The summed E-state index contributed by atoms with van der Waals surface area (Å²) in [6.07, 6.45) is 0.464. The lowest BCUT2D eigenvalue weighted by Gasteiger charge is -2.26. The number of aromatic nitrogens is 3. The molecule has 1 aliphatic rings. The highest BCUT2D eigenvalue weighted by atomic mass is 32.2. The lowest BCUT2D eigenvalue weighted by Crippen LogP contribution is -2.37. The van der Waals surface area contributed by atoms with E-state index >= 15 is 0 Å². The minimum atomic E-state index is -3.09. The lowest BCUT2D eigenvalue weighted by atomic mass is 10.1. The minimum absolute atomic E-state index is 0.0102. The predicted molar refractivity (Wildman–Crippen MR) is 97.9 cm³/mol. The number of benzene rings is 1. The first-order valence-electron chi connectivity index (χ1n) is 8.47. The summed E-state index contributed by atoms with van der Waals surface area (Å²) in [5, 5.41) is 18.2. The fourth-order valence-electron chi connectivity index (χ4n) is 3.29. The van der Waals surface area contributed by atoms with Crippen molar-refractivity contribution in [1.82, 2.24) is 15.0 Å². The molecule has 1 atom stereocenters. The number of hydrogen-bond donors (Lipinski definition) is 1. The molecule has 3 rings (SSSR count). The van der Waals surface area contributed by atoms with Crippen LogP contribution in [0.15, 0.2) is 18.2 Å². The quantitative estimate of drug-likeness (QED) is 0.842. The predicted octanol–water partition coefficient (Wildman–Crippen LogP) is 1.60. The first kappa shape index (κ1) is 18.4. The normalized spacial score (nSPS) is 18.8. The van der Waals surface area contributed by atoms with Gasteiger partial charge in [-0.1, -0.05) is 12.1 Å². The number of aromatic carboxylic acids is 1. The maximum Gasteiger partial charge on any atom is 0.360 e. The average molecular weight is 378 g/mol. The van der Waals surface area contributed by atoms with Gasteiger partial charge in [0.1, 0.15) is 0 Å². The van der Waals surface area contributed by atoms with Crippen LogP contribution in [0, 0.1) is 13.8 Å². The molecule has 1 aromatic carbocycles. The summed E-state index contributed by atoms with van der Waals surface area (Å²) in [6.45, 7) is 6.19. The molecule has 0 amide bonds. The molecule has 9 heteroatoms. The zero-order valence-corrected chi connectivity index (χ0v) is 15.8. The van der Waals surface area contributed by atoms with Crippen molar-refractivity contribution in [2.24, 2.45) is 0 Å². The van der Waals surface area contributed by atoms with Crippen molar-refractivity contribution in [2.45, 2.75) is 33.2 Å². The summed E-state index contributed by atoms with van der Waals surface area (Å²) >= 11 is 0. The number of carboxylic acids is 1. The number of anilines is 1. The van der Waals surface area contributed by atoms with Crippen LogP contribution in [-0.2, 0) is 9.84 Å². The third kappa shape index (κ3) is 3.31. The van der Waals surface area contributed by atoms with Crippen molar-refractivity contribution in [3.8, 4) is 5.69 Å². The highest BCUT2D eigenvalue weighted by Gasteiger charge is 2.35. The molecule has 1 N–H and O–H groups in total. The van der Waals surface area contributed by atoms with Crippen LogP contribution in [0.1, 0.15) is 35.0 Å². The minimum Gasteiger partial charge on any atom is -0.476 e. The van der Waals surface area contributed by atoms with Gasteiger partial charge in [-0.05, 0) is 44.4 Å². The van der Waals surface area contributed by atoms with Crippen molar-refractivity contribution < 1.29 is 18.3 Å². The summed E-state index contributed by atoms with van der Waals surface area (Å²) in [7, 11) is -3.09. The van der Waals surface area contributed by atoms with Crippen LogP contribution in [0.2, 0.25) is 0 Å². The molecule has 1 saturated heterocycles. The van der Waals surface area contributed by atoms with E-state index in [-0.39, 0.29) is 29.1 Å². The summed E-state index contributed by atoms with van der Waals surface area (Å²) in [5.74, 6) is -0.850. The second kappa shape index (κ2) is 6.71. The molecular formula is C17H22N4O4S. The largest absolute Gasteiger partial charge is 0.476 e. The van der Waals surface area contributed by atoms with Gasteiger partial charge in [0.05, 0.1) is 17.2 Å². The van der Waals surface area contributed by atoms with Gasteiger partial charge in [-0.15, -0.1) is 15.0 Å². The Balaban J connectivity index is 2.07. The molecule has 0 bridgehead atoms.